The molecule has 1 aromatic carbocycles. The van der Waals surface area contributed by atoms with E-state index in [9.17, 15) is 14.4 Å². The van der Waals surface area contributed by atoms with Crippen LogP contribution in [0.2, 0.25) is 0 Å². The molecule has 0 aliphatic rings. The fourth-order valence-corrected chi connectivity index (χ4v) is 4.08. The summed E-state index contributed by atoms with van der Waals surface area (Å²) in [5.74, 6) is -1.28. The molecule has 0 aliphatic heterocycles. The van der Waals surface area contributed by atoms with Crippen LogP contribution < -0.4 is 5.32 Å². The van der Waals surface area contributed by atoms with Crippen LogP contribution in [-0.4, -0.2) is 45.8 Å². The Morgan fingerprint density at radius 2 is 1.85 bits per heavy atom. The summed E-state index contributed by atoms with van der Waals surface area (Å²) in [6.45, 7) is 1.38. The number of aromatic nitrogens is 3. The van der Waals surface area contributed by atoms with Crippen molar-refractivity contribution in [3.05, 3.63) is 83.6 Å². The number of ether oxygens (including phenoxy) is 2. The lowest BCUT2D eigenvalue weighted by atomic mass is 10.0. The maximum atomic E-state index is 12.6. The number of hydrogen-bond acceptors (Lipinski definition) is 8. The highest BCUT2D eigenvalue weighted by atomic mass is 32.1. The van der Waals surface area contributed by atoms with Crippen molar-refractivity contribution in [1.82, 2.24) is 14.8 Å². The zero-order valence-electron chi connectivity index (χ0n) is 18.1. The van der Waals surface area contributed by atoms with Crippen LogP contribution >= 0.6 is 11.3 Å². The molecule has 0 saturated heterocycles. The fourth-order valence-electron chi connectivity index (χ4n) is 3.11. The number of rotatable bonds is 8. The van der Waals surface area contributed by atoms with Gasteiger partial charge >= 0.3 is 11.9 Å². The van der Waals surface area contributed by atoms with Gasteiger partial charge in [0.1, 0.15) is 10.6 Å². The summed E-state index contributed by atoms with van der Waals surface area (Å²) in [4.78, 5) is 41.6. The molecule has 10 heteroatoms. The van der Waals surface area contributed by atoms with Crippen molar-refractivity contribution in [3.63, 3.8) is 0 Å². The van der Waals surface area contributed by atoms with E-state index in [4.69, 9.17) is 9.47 Å². The van der Waals surface area contributed by atoms with Gasteiger partial charge in [0, 0.05) is 29.5 Å². The monoisotopic (exact) mass is 476 g/mol. The van der Waals surface area contributed by atoms with Crippen molar-refractivity contribution in [2.24, 2.45) is 0 Å². The Labute approximate surface area is 199 Å². The first-order valence-corrected chi connectivity index (χ1v) is 11.2. The normalized spacial score (nSPS) is 10.5. The van der Waals surface area contributed by atoms with Crippen LogP contribution in [0.15, 0.2) is 72.5 Å². The number of pyridine rings is 1. The topological polar surface area (TPSA) is 112 Å². The number of nitrogens with one attached hydrogen (secondary N) is 1. The van der Waals surface area contributed by atoms with E-state index in [1.165, 1.54) is 23.6 Å². The van der Waals surface area contributed by atoms with Crippen molar-refractivity contribution < 1.29 is 23.9 Å². The number of amides is 1. The molecule has 0 unspecified atom stereocenters. The molecule has 3 heterocycles. The van der Waals surface area contributed by atoms with E-state index in [1.54, 1.807) is 41.5 Å². The Balaban J connectivity index is 1.42. The molecule has 0 bridgehead atoms. The zero-order chi connectivity index (χ0) is 23.9. The summed E-state index contributed by atoms with van der Waals surface area (Å²) in [5.41, 5.74) is 1.93. The molecule has 4 aromatic rings. The van der Waals surface area contributed by atoms with Gasteiger partial charge in [0.25, 0.3) is 5.91 Å². The number of hydrogen-bond donors (Lipinski definition) is 1. The summed E-state index contributed by atoms with van der Waals surface area (Å²) >= 11 is 1.19. The summed E-state index contributed by atoms with van der Waals surface area (Å²) in [5, 5.41) is 8.81. The minimum absolute atomic E-state index is 0.193. The van der Waals surface area contributed by atoms with Gasteiger partial charge in [-0.25, -0.2) is 19.3 Å². The van der Waals surface area contributed by atoms with Crippen LogP contribution in [0.5, 0.6) is 0 Å². The van der Waals surface area contributed by atoms with E-state index in [0.29, 0.717) is 16.4 Å². The van der Waals surface area contributed by atoms with Crippen molar-refractivity contribution >= 4 is 34.2 Å². The number of anilines is 1. The van der Waals surface area contributed by atoms with Crippen LogP contribution in [-0.2, 0) is 14.3 Å². The maximum Gasteiger partial charge on any atom is 0.341 e. The lowest BCUT2D eigenvalue weighted by Crippen LogP contribution is -2.22. The Morgan fingerprint density at radius 3 is 2.53 bits per heavy atom. The predicted molar refractivity (Wildman–Crippen MR) is 126 cm³/mol. The smallest absolute Gasteiger partial charge is 0.341 e. The van der Waals surface area contributed by atoms with E-state index in [-0.39, 0.29) is 17.7 Å². The highest BCUT2D eigenvalue weighted by Gasteiger charge is 2.23. The zero-order valence-corrected chi connectivity index (χ0v) is 19.0. The summed E-state index contributed by atoms with van der Waals surface area (Å²) in [7, 11) is 0. The van der Waals surface area contributed by atoms with Crippen LogP contribution in [0, 0.1) is 0 Å². The molecule has 9 nitrogen and oxygen atoms in total. The van der Waals surface area contributed by atoms with E-state index in [0.717, 1.165) is 5.56 Å². The van der Waals surface area contributed by atoms with Crippen molar-refractivity contribution in [3.8, 4) is 16.9 Å². The van der Waals surface area contributed by atoms with Gasteiger partial charge in [-0.3, -0.25) is 4.79 Å². The van der Waals surface area contributed by atoms with Gasteiger partial charge < -0.3 is 14.8 Å². The van der Waals surface area contributed by atoms with Gasteiger partial charge in [0.2, 0.25) is 0 Å². The number of esters is 2. The Kier molecular flexibility index (Phi) is 7.09. The standard InChI is InChI=1S/C24H20N4O5S/c1-2-32-24(31)21-18(16-7-4-3-5-8-16)15-34-22(21)27-20(29)14-33-23(30)17-9-10-19(25-13-17)28-12-6-11-26-28/h3-13,15H,2,14H2,1H3,(H,27,29). The molecule has 0 atom stereocenters. The maximum absolute atomic E-state index is 12.6. The van der Waals surface area contributed by atoms with Gasteiger partial charge in [0.15, 0.2) is 12.4 Å². The number of carbonyl (C=O) groups is 3. The lowest BCUT2D eigenvalue weighted by molar-refractivity contribution is -0.119. The molecule has 34 heavy (non-hydrogen) atoms. The third-order valence-electron chi connectivity index (χ3n) is 4.67. The lowest BCUT2D eigenvalue weighted by Gasteiger charge is -2.09. The first-order chi connectivity index (χ1) is 16.6. The first kappa shape index (κ1) is 22.9. The minimum Gasteiger partial charge on any atom is -0.462 e. The Morgan fingerprint density at radius 1 is 1.03 bits per heavy atom. The third kappa shape index (κ3) is 5.18. The molecule has 3 aromatic heterocycles. The molecule has 4 rings (SSSR count). The van der Waals surface area contributed by atoms with Crippen LogP contribution in [0.25, 0.3) is 16.9 Å². The van der Waals surface area contributed by atoms with E-state index in [1.807, 2.05) is 30.3 Å². The van der Waals surface area contributed by atoms with Crippen LogP contribution in [0.1, 0.15) is 27.6 Å². The molecule has 0 fully saturated rings. The molecular weight excluding hydrogens is 456 g/mol. The molecule has 0 saturated carbocycles. The summed E-state index contributed by atoms with van der Waals surface area (Å²) in [6, 6.07) is 14.2. The minimum atomic E-state index is -0.698. The average Bonchev–Trinajstić information content (AvgIpc) is 3.54. The second-order valence-electron chi connectivity index (χ2n) is 6.92. The number of thiophene rings is 1. The molecule has 0 aliphatic carbocycles. The van der Waals surface area contributed by atoms with E-state index < -0.39 is 24.5 Å². The average molecular weight is 477 g/mol. The molecule has 1 amide bonds. The number of benzene rings is 1. The summed E-state index contributed by atoms with van der Waals surface area (Å²) in [6.07, 6.45) is 4.69. The highest BCUT2D eigenvalue weighted by molar-refractivity contribution is 7.15. The highest BCUT2D eigenvalue weighted by Crippen LogP contribution is 2.36. The van der Waals surface area contributed by atoms with Gasteiger partial charge in [0.05, 0.1) is 12.2 Å². The molecule has 1 N–H and O–H groups in total. The molecule has 0 spiro atoms. The van der Waals surface area contributed by atoms with Crippen LogP contribution in [0.4, 0.5) is 5.00 Å². The second-order valence-corrected chi connectivity index (χ2v) is 7.80. The van der Waals surface area contributed by atoms with Gasteiger partial charge in [-0.05, 0) is 30.7 Å². The second kappa shape index (κ2) is 10.5. The van der Waals surface area contributed by atoms with E-state index in [2.05, 4.69) is 15.4 Å². The molecular formula is C24H20N4O5S. The van der Waals surface area contributed by atoms with Crippen molar-refractivity contribution in [2.45, 2.75) is 6.92 Å². The Bertz CT molecular complexity index is 1280. The van der Waals surface area contributed by atoms with Crippen molar-refractivity contribution in [1.29, 1.82) is 0 Å². The third-order valence-corrected chi connectivity index (χ3v) is 5.56. The van der Waals surface area contributed by atoms with Gasteiger partial charge in [-0.1, -0.05) is 30.3 Å². The fraction of sp³-hybridized carbons (Fsp3) is 0.125. The van der Waals surface area contributed by atoms with Gasteiger partial charge in [-0.15, -0.1) is 11.3 Å². The number of nitrogens with zero attached hydrogens (tertiary/aromatic N) is 3. The summed E-state index contributed by atoms with van der Waals surface area (Å²) < 4.78 is 11.8. The van der Waals surface area contributed by atoms with Gasteiger partial charge in [-0.2, -0.15) is 5.10 Å². The van der Waals surface area contributed by atoms with Crippen LogP contribution in [0.3, 0.4) is 0 Å². The van der Waals surface area contributed by atoms with Crippen molar-refractivity contribution in [2.75, 3.05) is 18.5 Å². The number of carbonyl (C=O) groups excluding carboxylic acids is 3. The largest absolute Gasteiger partial charge is 0.462 e. The SMILES string of the molecule is CCOC(=O)c1c(-c2ccccc2)csc1NC(=O)COC(=O)c1ccc(-n2cccn2)nc1. The predicted octanol–water partition coefficient (Wildman–Crippen LogP) is 3.97. The molecule has 0 radical (unpaired) electrons. The Hall–Kier alpha value is -4.31. The first-order valence-electron chi connectivity index (χ1n) is 10.3. The quantitative estimate of drug-likeness (QED) is 0.383. The molecule has 172 valence electrons. The van der Waals surface area contributed by atoms with E-state index >= 15 is 0 Å².